The lowest BCUT2D eigenvalue weighted by Crippen LogP contribution is -2.51. The summed E-state index contributed by atoms with van der Waals surface area (Å²) in [6, 6.07) is -2.19. The minimum absolute atomic E-state index is 0.403. The van der Waals surface area contributed by atoms with Gasteiger partial charge >= 0.3 is 12.2 Å². The van der Waals surface area contributed by atoms with Gasteiger partial charge in [0.2, 0.25) is 5.91 Å². The highest BCUT2D eigenvalue weighted by atomic mass is 19.4. The Morgan fingerprint density at radius 2 is 2.00 bits per heavy atom. The molecule has 0 aromatic rings. The Labute approximate surface area is 95.6 Å². The summed E-state index contributed by atoms with van der Waals surface area (Å²) in [5, 5.41) is 10.5. The van der Waals surface area contributed by atoms with Crippen molar-refractivity contribution in [3.05, 3.63) is 0 Å². The summed E-state index contributed by atoms with van der Waals surface area (Å²) >= 11 is 0. The van der Waals surface area contributed by atoms with E-state index in [4.69, 9.17) is 10.8 Å². The molecule has 0 heterocycles. The molecule has 4 N–H and O–H groups in total. The quantitative estimate of drug-likeness (QED) is 0.615. The number of nitrogens with one attached hydrogen (secondary N) is 1. The van der Waals surface area contributed by atoms with Crippen LogP contribution in [0.2, 0.25) is 0 Å². The van der Waals surface area contributed by atoms with Gasteiger partial charge in [0.05, 0.1) is 6.61 Å². The number of hydrogen-bond donors (Lipinski definition) is 3. The van der Waals surface area contributed by atoms with Crippen molar-refractivity contribution in [1.82, 2.24) is 10.2 Å². The number of hydrogen-bond acceptors (Lipinski definition) is 3. The first-order valence-corrected chi connectivity index (χ1v) is 4.69. The molecule has 1 unspecified atom stereocenters. The fourth-order valence-electron chi connectivity index (χ4n) is 1.15. The molecule has 0 spiro atoms. The molecule has 0 rings (SSSR count). The van der Waals surface area contributed by atoms with Crippen molar-refractivity contribution in [3.8, 4) is 0 Å². The summed E-state index contributed by atoms with van der Waals surface area (Å²) in [4.78, 5) is 22.3. The minimum atomic E-state index is -4.57. The molecule has 6 nitrogen and oxygen atoms in total. The van der Waals surface area contributed by atoms with E-state index in [9.17, 15) is 22.8 Å². The molecule has 0 fully saturated rings. The van der Waals surface area contributed by atoms with Crippen LogP contribution in [0.1, 0.15) is 6.92 Å². The molecule has 9 heteroatoms. The number of carbonyl (C=O) groups excluding carboxylic acids is 2. The fourth-order valence-corrected chi connectivity index (χ4v) is 1.15. The number of carbonyl (C=O) groups is 2. The molecule has 0 aliphatic carbocycles. The molecule has 0 bridgehead atoms. The molecule has 0 aromatic carbocycles. The second kappa shape index (κ2) is 6.28. The summed E-state index contributed by atoms with van der Waals surface area (Å²) in [6.07, 6.45) is -4.57. The van der Waals surface area contributed by atoms with Crippen molar-refractivity contribution in [1.29, 1.82) is 0 Å². The zero-order valence-corrected chi connectivity index (χ0v) is 9.12. The summed E-state index contributed by atoms with van der Waals surface area (Å²) < 4.78 is 36.4. The molecule has 17 heavy (non-hydrogen) atoms. The van der Waals surface area contributed by atoms with E-state index in [1.54, 1.807) is 0 Å². The highest BCUT2D eigenvalue weighted by molar-refractivity contribution is 5.86. The minimum Gasteiger partial charge on any atom is -0.395 e. The van der Waals surface area contributed by atoms with Gasteiger partial charge < -0.3 is 21.1 Å². The molecule has 1 atom stereocenters. The van der Waals surface area contributed by atoms with E-state index < -0.39 is 43.9 Å². The number of aliphatic hydroxyl groups excluding tert-OH is 1. The van der Waals surface area contributed by atoms with Gasteiger partial charge in [-0.1, -0.05) is 0 Å². The molecule has 0 aliphatic rings. The molecular weight excluding hydrogens is 243 g/mol. The van der Waals surface area contributed by atoms with Crippen LogP contribution in [0.4, 0.5) is 18.0 Å². The Hall–Kier alpha value is -1.51. The number of amides is 3. The maximum Gasteiger partial charge on any atom is 0.406 e. The zero-order valence-electron chi connectivity index (χ0n) is 9.12. The summed E-state index contributed by atoms with van der Waals surface area (Å²) in [6.45, 7) is -1.36. The van der Waals surface area contributed by atoms with Gasteiger partial charge in [-0.15, -0.1) is 0 Å². The van der Waals surface area contributed by atoms with Crippen LogP contribution in [-0.2, 0) is 4.79 Å². The van der Waals surface area contributed by atoms with Crippen LogP contribution < -0.4 is 11.1 Å². The Morgan fingerprint density at radius 1 is 1.47 bits per heavy atom. The maximum absolute atomic E-state index is 12.1. The van der Waals surface area contributed by atoms with E-state index in [0.717, 1.165) is 0 Å². The SMILES string of the molecule is CC(NC(N)=O)C(=O)N(CCO)CC(F)(F)F. The standard InChI is InChI=1S/C8H14F3N3O3/c1-5(13-7(12)17)6(16)14(2-3-15)4-8(9,10)11/h5,15H,2-4H2,1H3,(H3,12,13,17). The topological polar surface area (TPSA) is 95.7 Å². The van der Waals surface area contributed by atoms with Gasteiger partial charge in [-0.25, -0.2) is 4.79 Å². The first kappa shape index (κ1) is 15.5. The number of alkyl halides is 3. The second-order valence-corrected chi connectivity index (χ2v) is 3.33. The van der Waals surface area contributed by atoms with E-state index in [0.29, 0.717) is 4.90 Å². The lowest BCUT2D eigenvalue weighted by Gasteiger charge is -2.26. The van der Waals surface area contributed by atoms with Gasteiger partial charge in [-0.05, 0) is 6.92 Å². The van der Waals surface area contributed by atoms with Crippen molar-refractivity contribution < 1.29 is 27.9 Å². The van der Waals surface area contributed by atoms with Gasteiger partial charge in [0.25, 0.3) is 0 Å². The third kappa shape index (κ3) is 6.61. The van der Waals surface area contributed by atoms with E-state index in [1.165, 1.54) is 6.92 Å². The van der Waals surface area contributed by atoms with E-state index in [-0.39, 0.29) is 0 Å². The van der Waals surface area contributed by atoms with Crippen LogP contribution in [-0.4, -0.2) is 53.9 Å². The number of aliphatic hydroxyl groups is 1. The molecule has 0 saturated carbocycles. The van der Waals surface area contributed by atoms with E-state index >= 15 is 0 Å². The molecule has 3 amide bonds. The van der Waals surface area contributed by atoms with Crippen LogP contribution in [0.25, 0.3) is 0 Å². The largest absolute Gasteiger partial charge is 0.406 e. The molecule has 0 saturated heterocycles. The van der Waals surface area contributed by atoms with Crippen molar-refractivity contribution in [2.45, 2.75) is 19.1 Å². The first-order valence-electron chi connectivity index (χ1n) is 4.69. The summed E-state index contributed by atoms with van der Waals surface area (Å²) in [7, 11) is 0. The highest BCUT2D eigenvalue weighted by Gasteiger charge is 2.34. The summed E-state index contributed by atoms with van der Waals surface area (Å²) in [5.74, 6) is -0.963. The molecule has 0 aromatic heterocycles. The number of halogens is 3. The number of primary amides is 1. The lowest BCUT2D eigenvalue weighted by atomic mass is 10.3. The Kier molecular flexibility index (Phi) is 5.72. The first-order chi connectivity index (χ1) is 7.67. The fraction of sp³-hybridized carbons (Fsp3) is 0.750. The highest BCUT2D eigenvalue weighted by Crippen LogP contribution is 2.16. The Morgan fingerprint density at radius 3 is 2.35 bits per heavy atom. The number of rotatable bonds is 5. The van der Waals surface area contributed by atoms with Gasteiger partial charge in [-0.3, -0.25) is 4.79 Å². The zero-order chi connectivity index (χ0) is 13.6. The third-order valence-electron chi connectivity index (χ3n) is 1.78. The van der Waals surface area contributed by atoms with Crippen LogP contribution in [0, 0.1) is 0 Å². The van der Waals surface area contributed by atoms with Gasteiger partial charge in [0.15, 0.2) is 0 Å². The lowest BCUT2D eigenvalue weighted by molar-refractivity contribution is -0.162. The Balaban J connectivity index is 4.58. The Bertz CT molecular complexity index is 283. The van der Waals surface area contributed by atoms with Crippen molar-refractivity contribution in [2.24, 2.45) is 5.73 Å². The average molecular weight is 257 g/mol. The second-order valence-electron chi connectivity index (χ2n) is 3.33. The van der Waals surface area contributed by atoms with Gasteiger partial charge in [0.1, 0.15) is 12.6 Å². The van der Waals surface area contributed by atoms with E-state index in [1.807, 2.05) is 5.32 Å². The summed E-state index contributed by atoms with van der Waals surface area (Å²) in [5.41, 5.74) is 4.74. The monoisotopic (exact) mass is 257 g/mol. The molecule has 0 aliphatic heterocycles. The number of urea groups is 1. The predicted molar refractivity (Wildman–Crippen MR) is 51.9 cm³/mol. The molecule has 100 valence electrons. The van der Waals surface area contributed by atoms with Crippen molar-refractivity contribution >= 4 is 11.9 Å². The number of nitrogens with two attached hydrogens (primary N) is 1. The van der Waals surface area contributed by atoms with Crippen LogP contribution >= 0.6 is 0 Å². The van der Waals surface area contributed by atoms with Gasteiger partial charge in [-0.2, -0.15) is 13.2 Å². The number of nitrogens with zero attached hydrogens (tertiary/aromatic N) is 1. The maximum atomic E-state index is 12.1. The van der Waals surface area contributed by atoms with Gasteiger partial charge in [0, 0.05) is 6.54 Å². The van der Waals surface area contributed by atoms with Crippen LogP contribution in [0.5, 0.6) is 0 Å². The van der Waals surface area contributed by atoms with Crippen LogP contribution in [0.15, 0.2) is 0 Å². The van der Waals surface area contributed by atoms with Crippen LogP contribution in [0.3, 0.4) is 0 Å². The molecule has 0 radical (unpaired) electrons. The van der Waals surface area contributed by atoms with Crippen molar-refractivity contribution in [2.75, 3.05) is 19.7 Å². The third-order valence-corrected chi connectivity index (χ3v) is 1.78. The van der Waals surface area contributed by atoms with Crippen molar-refractivity contribution in [3.63, 3.8) is 0 Å². The average Bonchev–Trinajstić information content (AvgIpc) is 2.12. The smallest absolute Gasteiger partial charge is 0.395 e. The normalized spacial score (nSPS) is 13.0. The van der Waals surface area contributed by atoms with E-state index in [2.05, 4.69) is 0 Å². The predicted octanol–water partition coefficient (Wildman–Crippen LogP) is -0.574. The molecular formula is C8H14F3N3O3.